The number of rotatable bonds is 4. The molecule has 0 atom stereocenters. The van der Waals surface area contributed by atoms with Crippen molar-refractivity contribution >= 4 is 5.95 Å². The van der Waals surface area contributed by atoms with Gasteiger partial charge in [-0.3, -0.25) is 9.25 Å². The molecule has 0 aliphatic carbocycles. The predicted molar refractivity (Wildman–Crippen MR) is 72.9 cm³/mol. The summed E-state index contributed by atoms with van der Waals surface area (Å²) < 4.78 is 3.53. The Morgan fingerprint density at radius 2 is 2.15 bits per heavy atom. The van der Waals surface area contributed by atoms with E-state index in [1.165, 1.54) is 0 Å². The third kappa shape index (κ3) is 2.35. The van der Waals surface area contributed by atoms with Crippen LogP contribution in [0.4, 0.5) is 5.95 Å². The Hall–Kier alpha value is -2.77. The van der Waals surface area contributed by atoms with E-state index in [1.807, 2.05) is 10.9 Å². The molecule has 0 bridgehead atoms. The molecule has 3 aromatic rings. The van der Waals surface area contributed by atoms with Gasteiger partial charge in [0.2, 0.25) is 11.9 Å². The second-order valence-electron chi connectivity index (χ2n) is 4.28. The molecule has 0 radical (unpaired) electrons. The van der Waals surface area contributed by atoms with E-state index in [9.17, 15) is 0 Å². The van der Waals surface area contributed by atoms with Crippen LogP contribution in [0.1, 0.15) is 13.3 Å². The normalized spacial score (nSPS) is 10.8. The summed E-state index contributed by atoms with van der Waals surface area (Å²) >= 11 is 0. The van der Waals surface area contributed by atoms with Crippen molar-refractivity contribution in [3.05, 3.63) is 31.1 Å². The monoisotopic (exact) mass is 270 g/mol. The van der Waals surface area contributed by atoms with Crippen molar-refractivity contribution in [2.45, 2.75) is 19.9 Å². The van der Waals surface area contributed by atoms with E-state index in [4.69, 9.17) is 5.73 Å². The van der Waals surface area contributed by atoms with Gasteiger partial charge in [0.15, 0.2) is 5.82 Å². The van der Waals surface area contributed by atoms with E-state index in [0.29, 0.717) is 11.8 Å². The maximum Gasteiger partial charge on any atom is 0.240 e. The Morgan fingerprint density at radius 1 is 1.25 bits per heavy atom. The summed E-state index contributed by atoms with van der Waals surface area (Å²) in [5.74, 6) is 1.11. The lowest BCUT2D eigenvalue weighted by Crippen LogP contribution is -2.06. The quantitative estimate of drug-likeness (QED) is 0.756. The van der Waals surface area contributed by atoms with Crippen LogP contribution >= 0.6 is 0 Å². The van der Waals surface area contributed by atoms with Gasteiger partial charge in [-0.2, -0.15) is 20.1 Å². The molecule has 3 heterocycles. The Morgan fingerprint density at radius 3 is 2.90 bits per heavy atom. The highest BCUT2D eigenvalue weighted by atomic mass is 15.3. The lowest BCUT2D eigenvalue weighted by molar-refractivity contribution is 0.603. The van der Waals surface area contributed by atoms with Gasteiger partial charge in [-0.15, -0.1) is 0 Å². The summed E-state index contributed by atoms with van der Waals surface area (Å²) in [7, 11) is 0. The number of aryl methyl sites for hydroxylation is 1. The summed E-state index contributed by atoms with van der Waals surface area (Å²) in [6.07, 6.45) is 9.65. The fourth-order valence-corrected chi connectivity index (χ4v) is 1.83. The number of nitrogens with two attached hydrogens (primary N) is 1. The number of anilines is 1. The minimum atomic E-state index is 0.168. The van der Waals surface area contributed by atoms with Crippen LogP contribution in [0, 0.1) is 0 Å². The van der Waals surface area contributed by atoms with Gasteiger partial charge in [-0.1, -0.05) is 6.92 Å². The highest BCUT2D eigenvalue weighted by Crippen LogP contribution is 2.16. The van der Waals surface area contributed by atoms with Gasteiger partial charge < -0.3 is 5.73 Å². The van der Waals surface area contributed by atoms with E-state index < -0.39 is 0 Å². The molecule has 3 aromatic heterocycles. The van der Waals surface area contributed by atoms with Crippen LogP contribution in [0.3, 0.4) is 0 Å². The summed E-state index contributed by atoms with van der Waals surface area (Å²) in [4.78, 5) is 16.6. The molecule has 20 heavy (non-hydrogen) atoms. The number of nitrogens with zero attached hydrogens (tertiary/aromatic N) is 7. The van der Waals surface area contributed by atoms with Crippen molar-refractivity contribution in [2.75, 3.05) is 5.73 Å². The van der Waals surface area contributed by atoms with Crippen molar-refractivity contribution < 1.29 is 0 Å². The molecular formula is C12H14N8. The van der Waals surface area contributed by atoms with E-state index >= 15 is 0 Å². The number of nitrogen functional groups attached to an aromatic ring is 1. The molecule has 8 nitrogen and oxygen atoms in total. The lowest BCUT2D eigenvalue weighted by Gasteiger charge is -2.03. The maximum absolute atomic E-state index is 5.75. The first-order valence-corrected chi connectivity index (χ1v) is 6.29. The third-order valence-electron chi connectivity index (χ3n) is 2.72. The fourth-order valence-electron chi connectivity index (χ4n) is 1.83. The molecule has 0 aromatic carbocycles. The summed E-state index contributed by atoms with van der Waals surface area (Å²) in [5.41, 5.74) is 6.56. The molecule has 2 N–H and O–H groups in total. The molecule has 0 saturated carbocycles. The highest BCUT2D eigenvalue weighted by Gasteiger charge is 2.10. The molecule has 0 aliphatic rings. The molecule has 0 spiro atoms. The van der Waals surface area contributed by atoms with Gasteiger partial charge >= 0.3 is 0 Å². The molecule has 102 valence electrons. The zero-order valence-corrected chi connectivity index (χ0v) is 11.0. The fraction of sp³-hybridized carbons (Fsp3) is 0.250. The van der Waals surface area contributed by atoms with Crippen LogP contribution in [0.25, 0.3) is 17.3 Å². The Kier molecular flexibility index (Phi) is 3.12. The molecule has 0 amide bonds. The average molecular weight is 270 g/mol. The number of hydrogen-bond acceptors (Lipinski definition) is 6. The van der Waals surface area contributed by atoms with Crippen molar-refractivity contribution in [3.63, 3.8) is 0 Å². The van der Waals surface area contributed by atoms with Crippen molar-refractivity contribution in [1.82, 2.24) is 34.3 Å². The Balaban J connectivity index is 2.00. The standard InChI is InChI=1S/C12H14N8/c1-2-4-20-7-9(6-15-20)10-16-11(13)18-12(17-10)19-5-3-14-8-19/h3,5-8H,2,4H2,1H3,(H2,13,16,17,18). The van der Waals surface area contributed by atoms with Gasteiger partial charge in [0.05, 0.1) is 11.8 Å². The van der Waals surface area contributed by atoms with Crippen LogP contribution < -0.4 is 5.73 Å². The molecule has 8 heteroatoms. The van der Waals surface area contributed by atoms with Crippen molar-refractivity contribution in [2.24, 2.45) is 0 Å². The summed E-state index contributed by atoms with van der Waals surface area (Å²) in [6.45, 7) is 2.95. The second-order valence-corrected chi connectivity index (χ2v) is 4.28. The first-order valence-electron chi connectivity index (χ1n) is 6.29. The Labute approximate surface area is 115 Å². The largest absolute Gasteiger partial charge is 0.368 e. The minimum absolute atomic E-state index is 0.168. The van der Waals surface area contributed by atoms with Crippen LogP contribution in [-0.2, 0) is 6.54 Å². The summed E-state index contributed by atoms with van der Waals surface area (Å²) in [5, 5.41) is 4.26. The van der Waals surface area contributed by atoms with Gasteiger partial charge in [0.25, 0.3) is 0 Å². The molecule has 0 saturated heterocycles. The van der Waals surface area contributed by atoms with Gasteiger partial charge in [0, 0.05) is 25.1 Å². The first-order chi connectivity index (χ1) is 9.76. The SMILES string of the molecule is CCCn1cc(-c2nc(N)nc(-n3ccnc3)n2)cn1. The van der Waals surface area contributed by atoms with E-state index in [0.717, 1.165) is 18.5 Å². The van der Waals surface area contributed by atoms with Crippen molar-refractivity contribution in [1.29, 1.82) is 0 Å². The van der Waals surface area contributed by atoms with Crippen molar-refractivity contribution in [3.8, 4) is 17.3 Å². The second kappa shape index (κ2) is 5.08. The first kappa shape index (κ1) is 12.3. The molecule has 0 unspecified atom stereocenters. The van der Waals surface area contributed by atoms with Crippen LogP contribution in [0.5, 0.6) is 0 Å². The van der Waals surface area contributed by atoms with E-state index in [-0.39, 0.29) is 5.95 Å². The number of hydrogen-bond donors (Lipinski definition) is 1. The zero-order chi connectivity index (χ0) is 13.9. The topological polar surface area (TPSA) is 100 Å². The zero-order valence-electron chi connectivity index (χ0n) is 11.0. The maximum atomic E-state index is 5.75. The third-order valence-corrected chi connectivity index (χ3v) is 2.72. The highest BCUT2D eigenvalue weighted by molar-refractivity contribution is 5.54. The molecule has 3 rings (SSSR count). The predicted octanol–water partition coefficient (Wildman–Crippen LogP) is 0.913. The van der Waals surface area contributed by atoms with Crippen LogP contribution in [0.2, 0.25) is 0 Å². The number of aromatic nitrogens is 7. The minimum Gasteiger partial charge on any atom is -0.368 e. The lowest BCUT2D eigenvalue weighted by atomic mass is 10.3. The molecule has 0 aliphatic heterocycles. The number of imidazole rings is 1. The Bertz CT molecular complexity index is 700. The smallest absolute Gasteiger partial charge is 0.240 e. The van der Waals surface area contributed by atoms with E-state index in [1.54, 1.807) is 29.5 Å². The van der Waals surface area contributed by atoms with Gasteiger partial charge in [0.1, 0.15) is 6.33 Å². The van der Waals surface area contributed by atoms with Gasteiger partial charge in [-0.25, -0.2) is 4.98 Å². The summed E-state index contributed by atoms with van der Waals surface area (Å²) in [6, 6.07) is 0. The average Bonchev–Trinajstić information content (AvgIpc) is 3.09. The van der Waals surface area contributed by atoms with Gasteiger partial charge in [-0.05, 0) is 6.42 Å². The van der Waals surface area contributed by atoms with E-state index in [2.05, 4.69) is 32.0 Å². The van der Waals surface area contributed by atoms with Crippen LogP contribution in [0.15, 0.2) is 31.1 Å². The molecular weight excluding hydrogens is 256 g/mol. The molecule has 0 fully saturated rings. The van der Waals surface area contributed by atoms with Crippen LogP contribution in [-0.4, -0.2) is 34.3 Å².